The zero-order valence-electron chi connectivity index (χ0n) is 12.2. The molecule has 1 aliphatic heterocycles. The normalized spacial score (nSPS) is 18.6. The van der Waals surface area contributed by atoms with E-state index in [0.717, 1.165) is 0 Å². The molecule has 1 fully saturated rings. The fourth-order valence-electron chi connectivity index (χ4n) is 2.25. The Kier molecular flexibility index (Phi) is 4.56. The van der Waals surface area contributed by atoms with Gasteiger partial charge in [-0.3, -0.25) is 4.79 Å². The van der Waals surface area contributed by atoms with Crippen molar-refractivity contribution in [1.82, 2.24) is 4.90 Å². The van der Waals surface area contributed by atoms with Gasteiger partial charge in [-0.2, -0.15) is 5.26 Å². The number of piperidine rings is 1. The Bertz CT molecular complexity index is 396. The smallest absolute Gasteiger partial charge is 0.410 e. The Labute approximate surface area is 114 Å². The number of hydrogen-bond acceptors (Lipinski definition) is 4. The van der Waals surface area contributed by atoms with Crippen LogP contribution in [0.3, 0.4) is 0 Å². The minimum Gasteiger partial charge on any atom is -0.444 e. The first-order valence-corrected chi connectivity index (χ1v) is 6.56. The molecule has 1 heterocycles. The molecule has 1 aliphatic rings. The molecule has 0 N–H and O–H groups in total. The Balaban J connectivity index is 2.59. The van der Waals surface area contributed by atoms with E-state index in [9.17, 15) is 14.9 Å². The standard InChI is InChI=1S/C14H22N2O3/c1-11(17)9-14(10-15)5-7-16(8-6-14)12(18)19-13(2,3)4/h5-9H2,1-4H3. The van der Waals surface area contributed by atoms with Crippen LogP contribution >= 0.6 is 0 Å². The molecule has 5 heteroatoms. The van der Waals surface area contributed by atoms with Gasteiger partial charge >= 0.3 is 6.09 Å². The summed E-state index contributed by atoms with van der Waals surface area (Å²) in [6.45, 7) is 7.91. The maximum absolute atomic E-state index is 11.9. The molecule has 1 saturated heterocycles. The van der Waals surface area contributed by atoms with Gasteiger partial charge in [-0.05, 0) is 40.5 Å². The summed E-state index contributed by atoms with van der Waals surface area (Å²) in [6, 6.07) is 2.26. The molecule has 0 bridgehead atoms. The van der Waals surface area contributed by atoms with Crippen molar-refractivity contribution < 1.29 is 14.3 Å². The summed E-state index contributed by atoms with van der Waals surface area (Å²) in [5.41, 5.74) is -1.12. The first kappa shape index (κ1) is 15.5. The average Bonchev–Trinajstić information content (AvgIpc) is 2.26. The van der Waals surface area contributed by atoms with Crippen LogP contribution < -0.4 is 0 Å². The van der Waals surface area contributed by atoms with E-state index in [-0.39, 0.29) is 18.3 Å². The van der Waals surface area contributed by atoms with E-state index in [1.54, 1.807) is 4.90 Å². The minimum absolute atomic E-state index is 0.0206. The van der Waals surface area contributed by atoms with Crippen LogP contribution in [-0.4, -0.2) is 35.5 Å². The fourth-order valence-corrected chi connectivity index (χ4v) is 2.25. The maximum Gasteiger partial charge on any atom is 0.410 e. The highest BCUT2D eigenvalue weighted by Crippen LogP contribution is 2.34. The molecule has 0 unspecified atom stereocenters. The van der Waals surface area contributed by atoms with Gasteiger partial charge < -0.3 is 9.64 Å². The Hall–Kier alpha value is -1.57. The van der Waals surface area contributed by atoms with E-state index in [1.165, 1.54) is 6.92 Å². The Morgan fingerprint density at radius 2 is 1.84 bits per heavy atom. The molecule has 0 radical (unpaired) electrons. The van der Waals surface area contributed by atoms with Crippen molar-refractivity contribution in [2.75, 3.05) is 13.1 Å². The van der Waals surface area contributed by atoms with E-state index in [0.29, 0.717) is 25.9 Å². The third kappa shape index (κ3) is 4.55. The first-order valence-electron chi connectivity index (χ1n) is 6.56. The van der Waals surface area contributed by atoms with Crippen LogP contribution in [0.4, 0.5) is 4.79 Å². The predicted molar refractivity (Wildman–Crippen MR) is 70.4 cm³/mol. The van der Waals surface area contributed by atoms with Crippen LogP contribution in [0.1, 0.15) is 47.0 Å². The average molecular weight is 266 g/mol. The van der Waals surface area contributed by atoms with E-state index >= 15 is 0 Å². The van der Waals surface area contributed by atoms with E-state index < -0.39 is 11.0 Å². The van der Waals surface area contributed by atoms with Crippen LogP contribution in [0.2, 0.25) is 0 Å². The molecule has 1 rings (SSSR count). The molecule has 0 aromatic carbocycles. The van der Waals surface area contributed by atoms with Gasteiger partial charge in [0.25, 0.3) is 0 Å². The van der Waals surface area contributed by atoms with Crippen molar-refractivity contribution in [2.24, 2.45) is 5.41 Å². The van der Waals surface area contributed by atoms with Gasteiger partial charge in [0.1, 0.15) is 11.4 Å². The molecule has 0 aromatic heterocycles. The number of Topliss-reactive ketones (excluding diaryl/α,β-unsaturated/α-hetero) is 1. The molecule has 0 saturated carbocycles. The van der Waals surface area contributed by atoms with Crippen LogP contribution in [0.25, 0.3) is 0 Å². The summed E-state index contributed by atoms with van der Waals surface area (Å²) in [5, 5.41) is 9.26. The molecule has 1 amide bonds. The zero-order chi connectivity index (χ0) is 14.7. The first-order chi connectivity index (χ1) is 8.67. The van der Waals surface area contributed by atoms with Gasteiger partial charge in [-0.1, -0.05) is 0 Å². The van der Waals surface area contributed by atoms with Gasteiger partial charge in [-0.15, -0.1) is 0 Å². The molecular formula is C14H22N2O3. The number of hydrogen-bond donors (Lipinski definition) is 0. The maximum atomic E-state index is 11.9. The summed E-state index contributed by atoms with van der Waals surface area (Å²) in [7, 11) is 0. The quantitative estimate of drug-likeness (QED) is 0.770. The second kappa shape index (κ2) is 5.60. The second-order valence-electron chi connectivity index (χ2n) is 6.24. The topological polar surface area (TPSA) is 70.4 Å². The number of carbonyl (C=O) groups excluding carboxylic acids is 2. The van der Waals surface area contributed by atoms with Gasteiger partial charge in [0.2, 0.25) is 0 Å². The number of likely N-dealkylation sites (tertiary alicyclic amines) is 1. The zero-order valence-corrected chi connectivity index (χ0v) is 12.2. The molecular weight excluding hydrogens is 244 g/mol. The summed E-state index contributed by atoms with van der Waals surface area (Å²) >= 11 is 0. The third-order valence-electron chi connectivity index (χ3n) is 3.20. The minimum atomic E-state index is -0.607. The van der Waals surface area contributed by atoms with Gasteiger partial charge in [-0.25, -0.2) is 4.79 Å². The van der Waals surface area contributed by atoms with Gasteiger partial charge in [0.05, 0.1) is 11.5 Å². The Morgan fingerprint density at radius 1 is 1.32 bits per heavy atom. The van der Waals surface area contributed by atoms with Crippen molar-refractivity contribution >= 4 is 11.9 Å². The number of ether oxygens (including phenoxy) is 1. The molecule has 5 nitrogen and oxygen atoms in total. The fraction of sp³-hybridized carbons (Fsp3) is 0.786. The van der Waals surface area contributed by atoms with Crippen molar-refractivity contribution in [3.05, 3.63) is 0 Å². The van der Waals surface area contributed by atoms with Crippen LogP contribution in [-0.2, 0) is 9.53 Å². The number of amides is 1. The third-order valence-corrected chi connectivity index (χ3v) is 3.20. The lowest BCUT2D eigenvalue weighted by atomic mass is 9.76. The summed E-state index contributed by atoms with van der Waals surface area (Å²) < 4.78 is 5.30. The van der Waals surface area contributed by atoms with Crippen molar-refractivity contribution in [3.8, 4) is 6.07 Å². The number of nitriles is 1. The SMILES string of the molecule is CC(=O)CC1(C#N)CCN(C(=O)OC(C)(C)C)CC1. The summed E-state index contributed by atoms with van der Waals surface area (Å²) in [5.74, 6) is 0.0206. The van der Waals surface area contributed by atoms with E-state index in [2.05, 4.69) is 6.07 Å². The largest absolute Gasteiger partial charge is 0.444 e. The monoisotopic (exact) mass is 266 g/mol. The lowest BCUT2D eigenvalue weighted by Crippen LogP contribution is -2.45. The van der Waals surface area contributed by atoms with Crippen molar-refractivity contribution in [1.29, 1.82) is 5.26 Å². The number of ketones is 1. The van der Waals surface area contributed by atoms with Crippen LogP contribution in [0.5, 0.6) is 0 Å². The lowest BCUT2D eigenvalue weighted by molar-refractivity contribution is -0.119. The molecule has 0 atom stereocenters. The number of carbonyl (C=O) groups is 2. The van der Waals surface area contributed by atoms with E-state index in [4.69, 9.17) is 4.74 Å². The molecule has 0 aromatic rings. The Morgan fingerprint density at radius 3 is 2.21 bits per heavy atom. The molecule has 19 heavy (non-hydrogen) atoms. The van der Waals surface area contributed by atoms with Crippen LogP contribution in [0, 0.1) is 16.7 Å². The summed E-state index contributed by atoms with van der Waals surface area (Å²) in [4.78, 5) is 24.7. The summed E-state index contributed by atoms with van der Waals surface area (Å²) in [6.07, 6.45) is 0.984. The highest BCUT2D eigenvalue weighted by atomic mass is 16.6. The lowest BCUT2D eigenvalue weighted by Gasteiger charge is -2.37. The van der Waals surface area contributed by atoms with Crippen LogP contribution in [0.15, 0.2) is 0 Å². The number of nitrogens with zero attached hydrogens (tertiary/aromatic N) is 2. The molecule has 106 valence electrons. The number of rotatable bonds is 2. The van der Waals surface area contributed by atoms with E-state index in [1.807, 2.05) is 20.8 Å². The van der Waals surface area contributed by atoms with Gasteiger partial charge in [0, 0.05) is 19.5 Å². The van der Waals surface area contributed by atoms with Gasteiger partial charge in [0.15, 0.2) is 0 Å². The van der Waals surface area contributed by atoms with Crippen molar-refractivity contribution in [3.63, 3.8) is 0 Å². The molecule has 0 aliphatic carbocycles. The highest BCUT2D eigenvalue weighted by Gasteiger charge is 2.38. The molecule has 0 spiro atoms. The highest BCUT2D eigenvalue weighted by molar-refractivity contribution is 5.76. The van der Waals surface area contributed by atoms with Crippen molar-refractivity contribution in [2.45, 2.75) is 52.6 Å². The second-order valence-corrected chi connectivity index (χ2v) is 6.24. The predicted octanol–water partition coefficient (Wildman–Crippen LogP) is 2.51.